The fourth-order valence-electron chi connectivity index (χ4n) is 0.703. The van der Waals surface area contributed by atoms with Crippen molar-refractivity contribution in [3.63, 3.8) is 0 Å². The van der Waals surface area contributed by atoms with Gasteiger partial charge in [0.05, 0.1) is 0 Å². The lowest BCUT2D eigenvalue weighted by atomic mass is 10.1. The van der Waals surface area contributed by atoms with Gasteiger partial charge in [-0.2, -0.15) is 0 Å². The smallest absolute Gasteiger partial charge is 0.0173 e. The van der Waals surface area contributed by atoms with Gasteiger partial charge in [-0.15, -0.1) is 0 Å². The van der Waals surface area contributed by atoms with Gasteiger partial charge in [0.2, 0.25) is 0 Å². The van der Waals surface area contributed by atoms with E-state index in [0.29, 0.717) is 5.92 Å². The van der Waals surface area contributed by atoms with Crippen molar-refractivity contribution < 1.29 is 0 Å². The first-order valence-corrected chi connectivity index (χ1v) is 2.94. The van der Waals surface area contributed by atoms with Gasteiger partial charge in [0.1, 0.15) is 0 Å². The third-order valence-corrected chi connectivity index (χ3v) is 1.24. The summed E-state index contributed by atoms with van der Waals surface area (Å²) >= 11 is 0. The fourth-order valence-corrected chi connectivity index (χ4v) is 0.703. The van der Waals surface area contributed by atoms with Crippen molar-refractivity contribution in [1.82, 2.24) is 4.98 Å². The zero-order chi connectivity index (χ0) is 5.98. The first-order valence-electron chi connectivity index (χ1n) is 2.94. The van der Waals surface area contributed by atoms with E-state index >= 15 is 0 Å². The molecule has 0 aliphatic carbocycles. The van der Waals surface area contributed by atoms with Crippen molar-refractivity contribution in [2.75, 3.05) is 0 Å². The van der Waals surface area contributed by atoms with Crippen molar-refractivity contribution in [3.8, 4) is 0 Å². The van der Waals surface area contributed by atoms with Gasteiger partial charge in [-0.25, -0.2) is 0 Å². The minimum Gasteiger partial charge on any atom is -0.365 e. The van der Waals surface area contributed by atoms with Crippen LogP contribution >= 0.6 is 0 Å². The number of H-pyrrole nitrogens is 1. The summed E-state index contributed by atoms with van der Waals surface area (Å²) in [4.78, 5) is 3.14. The fraction of sp³-hybridized carbons (Fsp3) is 0.500. The van der Waals surface area contributed by atoms with Gasteiger partial charge < -0.3 is 4.98 Å². The van der Waals surface area contributed by atoms with E-state index in [4.69, 9.17) is 0 Å². The van der Waals surface area contributed by atoms with Crippen molar-refractivity contribution in [2.24, 2.45) is 0 Å². The van der Waals surface area contributed by atoms with E-state index in [-0.39, 0.29) is 7.43 Å². The molecule has 0 saturated carbocycles. The Hall–Kier alpha value is -0.720. The molecule has 0 amide bonds. The highest BCUT2D eigenvalue weighted by atomic mass is 14.7. The Labute approximate surface area is 57.1 Å². The molecule has 0 aliphatic heterocycles. The van der Waals surface area contributed by atoms with Crippen molar-refractivity contribution >= 4 is 0 Å². The first-order chi connectivity index (χ1) is 3.80. The second kappa shape index (κ2) is 3.33. The molecule has 9 heavy (non-hydrogen) atoms. The zero-order valence-electron chi connectivity index (χ0n) is 5.31. The minimum atomic E-state index is 0. The second-order valence-corrected chi connectivity index (χ2v) is 2.28. The molecule has 52 valence electrons. The van der Waals surface area contributed by atoms with Crippen LogP contribution in [0.25, 0.3) is 0 Å². The average molecular weight is 125 g/mol. The van der Waals surface area contributed by atoms with Crippen molar-refractivity contribution in [2.45, 2.75) is 27.2 Å². The number of hydrogen-bond acceptors (Lipinski definition) is 0. The molecule has 1 heteroatoms. The predicted octanol–water partition coefficient (Wildman–Crippen LogP) is 2.77. The summed E-state index contributed by atoms with van der Waals surface area (Å²) in [6.45, 7) is 4.34. The maximum absolute atomic E-state index is 3.14. The maximum Gasteiger partial charge on any atom is 0.0173 e. The standard InChI is InChI=1S/C7H11N.CH4/c1-6(2)7-4-3-5-8-7;/h3-6,8H,1-2H3;1H4. The van der Waals surface area contributed by atoms with E-state index < -0.39 is 0 Å². The largest absolute Gasteiger partial charge is 0.365 e. The van der Waals surface area contributed by atoms with Crippen LogP contribution in [0.2, 0.25) is 0 Å². The molecule has 1 N–H and O–H groups in total. The maximum atomic E-state index is 3.14. The van der Waals surface area contributed by atoms with E-state index in [9.17, 15) is 0 Å². The summed E-state index contributed by atoms with van der Waals surface area (Å²) in [7, 11) is 0. The molecule has 0 aliphatic rings. The summed E-state index contributed by atoms with van der Waals surface area (Å²) in [6, 6.07) is 4.12. The highest BCUT2D eigenvalue weighted by molar-refractivity contribution is 5.07. The van der Waals surface area contributed by atoms with Crippen LogP contribution in [0.1, 0.15) is 32.9 Å². The molecule has 0 bridgehead atoms. The van der Waals surface area contributed by atoms with Crippen molar-refractivity contribution in [1.29, 1.82) is 0 Å². The van der Waals surface area contributed by atoms with Crippen LogP contribution in [0.4, 0.5) is 0 Å². The van der Waals surface area contributed by atoms with E-state index in [1.807, 2.05) is 12.3 Å². The van der Waals surface area contributed by atoms with Gasteiger partial charge in [0.15, 0.2) is 0 Å². The van der Waals surface area contributed by atoms with Crippen LogP contribution in [-0.2, 0) is 0 Å². The summed E-state index contributed by atoms with van der Waals surface area (Å²) in [5.41, 5.74) is 1.31. The van der Waals surface area contributed by atoms with Gasteiger partial charge >= 0.3 is 0 Å². The van der Waals surface area contributed by atoms with Crippen LogP contribution in [0.15, 0.2) is 18.3 Å². The Bertz CT molecular complexity index is 140. The molecular weight excluding hydrogens is 110 g/mol. The lowest BCUT2D eigenvalue weighted by molar-refractivity contribution is 0.833. The van der Waals surface area contributed by atoms with E-state index in [1.165, 1.54) is 5.69 Å². The summed E-state index contributed by atoms with van der Waals surface area (Å²) in [5, 5.41) is 0. The minimum absolute atomic E-state index is 0. The topological polar surface area (TPSA) is 15.8 Å². The number of hydrogen-bond donors (Lipinski definition) is 1. The van der Waals surface area contributed by atoms with Gasteiger partial charge in [-0.05, 0) is 18.1 Å². The summed E-state index contributed by atoms with van der Waals surface area (Å²) in [5.74, 6) is 0.630. The first kappa shape index (κ1) is 8.28. The number of aromatic nitrogens is 1. The molecule has 0 radical (unpaired) electrons. The zero-order valence-corrected chi connectivity index (χ0v) is 5.31. The molecule has 1 rings (SSSR count). The van der Waals surface area contributed by atoms with E-state index in [1.54, 1.807) is 0 Å². The quantitative estimate of drug-likeness (QED) is 0.594. The van der Waals surface area contributed by atoms with Crippen molar-refractivity contribution in [3.05, 3.63) is 24.0 Å². The number of aromatic amines is 1. The molecule has 0 unspecified atom stereocenters. The molecular formula is C8H15N. The highest BCUT2D eigenvalue weighted by Gasteiger charge is 1.94. The molecule has 0 aromatic carbocycles. The normalized spacial score (nSPS) is 9.22. The Morgan fingerprint density at radius 3 is 2.33 bits per heavy atom. The Kier molecular flexibility index (Phi) is 3.07. The summed E-state index contributed by atoms with van der Waals surface area (Å²) < 4.78 is 0. The van der Waals surface area contributed by atoms with E-state index in [0.717, 1.165) is 0 Å². The van der Waals surface area contributed by atoms with Crippen LogP contribution < -0.4 is 0 Å². The molecule has 1 aromatic rings. The third-order valence-electron chi connectivity index (χ3n) is 1.24. The van der Waals surface area contributed by atoms with Gasteiger partial charge in [-0.3, -0.25) is 0 Å². The molecule has 1 aromatic heterocycles. The lowest BCUT2D eigenvalue weighted by Crippen LogP contribution is -1.83. The highest BCUT2D eigenvalue weighted by Crippen LogP contribution is 2.09. The third kappa shape index (κ3) is 1.92. The van der Waals surface area contributed by atoms with Gasteiger partial charge in [0, 0.05) is 11.9 Å². The van der Waals surface area contributed by atoms with Crippen LogP contribution in [0, 0.1) is 0 Å². The molecule has 1 nitrogen and oxygen atoms in total. The Morgan fingerprint density at radius 1 is 1.44 bits per heavy atom. The summed E-state index contributed by atoms with van der Waals surface area (Å²) in [6.07, 6.45) is 1.95. The number of nitrogens with one attached hydrogen (secondary N) is 1. The monoisotopic (exact) mass is 125 g/mol. The Morgan fingerprint density at radius 2 is 2.11 bits per heavy atom. The lowest BCUT2D eigenvalue weighted by Gasteiger charge is -1.97. The SMILES string of the molecule is C.CC(C)c1ccc[nH]1. The molecule has 1 heterocycles. The molecule has 0 fully saturated rings. The van der Waals surface area contributed by atoms with E-state index in [2.05, 4.69) is 24.9 Å². The molecule has 0 saturated heterocycles. The van der Waals surface area contributed by atoms with Crippen LogP contribution in [0.5, 0.6) is 0 Å². The van der Waals surface area contributed by atoms with Crippen LogP contribution in [0.3, 0.4) is 0 Å². The van der Waals surface area contributed by atoms with Gasteiger partial charge in [0.25, 0.3) is 0 Å². The Balaban J connectivity index is 0.000000640. The number of rotatable bonds is 1. The molecule has 0 spiro atoms. The van der Waals surface area contributed by atoms with Crippen LogP contribution in [-0.4, -0.2) is 4.98 Å². The van der Waals surface area contributed by atoms with Gasteiger partial charge in [-0.1, -0.05) is 21.3 Å². The second-order valence-electron chi connectivity index (χ2n) is 2.28. The molecule has 0 atom stereocenters. The average Bonchev–Trinajstić information content (AvgIpc) is 2.12. The predicted molar refractivity (Wildman–Crippen MR) is 41.6 cm³/mol.